The monoisotopic (exact) mass is 309 g/mol. The summed E-state index contributed by atoms with van der Waals surface area (Å²) in [5.74, 6) is 0.0354. The van der Waals surface area contributed by atoms with E-state index < -0.39 is 0 Å². The fourth-order valence-electron chi connectivity index (χ4n) is 2.98. The highest BCUT2D eigenvalue weighted by Crippen LogP contribution is 2.29. The van der Waals surface area contributed by atoms with E-state index in [1.54, 1.807) is 6.20 Å². The minimum absolute atomic E-state index is 0.0354. The number of aromatic nitrogens is 1. The summed E-state index contributed by atoms with van der Waals surface area (Å²) < 4.78 is 0. The Morgan fingerprint density at radius 3 is 2.96 bits per heavy atom. The van der Waals surface area contributed by atoms with Crippen molar-refractivity contribution in [2.45, 2.75) is 26.2 Å². The Morgan fingerprint density at radius 2 is 2.13 bits per heavy atom. The maximum absolute atomic E-state index is 12.9. The van der Waals surface area contributed by atoms with Crippen LogP contribution in [0.3, 0.4) is 0 Å². The zero-order chi connectivity index (χ0) is 16.2. The highest BCUT2D eigenvalue weighted by molar-refractivity contribution is 6.07. The zero-order valence-corrected chi connectivity index (χ0v) is 13.8. The van der Waals surface area contributed by atoms with Crippen molar-refractivity contribution in [2.75, 3.05) is 29.9 Å². The molecule has 0 bridgehead atoms. The van der Waals surface area contributed by atoms with E-state index in [-0.39, 0.29) is 5.91 Å². The molecule has 0 spiro atoms. The van der Waals surface area contributed by atoms with E-state index >= 15 is 0 Å². The van der Waals surface area contributed by atoms with Gasteiger partial charge in [0.2, 0.25) is 0 Å². The molecule has 4 nitrogen and oxygen atoms in total. The standard InChI is InChI=1S/C19H23N3O/c1-3-4-10-21(2)17-12-16(13-20-14-17)19(23)22-11-9-15-7-5-6-8-18(15)22/h5-8,12-14H,3-4,9-11H2,1-2H3. The molecule has 1 amide bonds. The van der Waals surface area contributed by atoms with Crippen LogP contribution in [0.25, 0.3) is 0 Å². The normalized spacial score (nSPS) is 13.0. The van der Waals surface area contributed by atoms with Crippen LogP contribution < -0.4 is 9.80 Å². The van der Waals surface area contributed by atoms with E-state index in [1.807, 2.05) is 42.4 Å². The summed E-state index contributed by atoms with van der Waals surface area (Å²) >= 11 is 0. The van der Waals surface area contributed by atoms with Gasteiger partial charge in [-0.3, -0.25) is 9.78 Å². The predicted molar refractivity (Wildman–Crippen MR) is 94.2 cm³/mol. The molecule has 0 N–H and O–H groups in total. The Hall–Kier alpha value is -2.36. The molecule has 0 unspecified atom stereocenters. The molecule has 0 atom stereocenters. The quantitative estimate of drug-likeness (QED) is 0.848. The van der Waals surface area contributed by atoms with Crippen LogP contribution in [0, 0.1) is 0 Å². The van der Waals surface area contributed by atoms with Crippen molar-refractivity contribution < 1.29 is 4.79 Å². The van der Waals surface area contributed by atoms with Gasteiger partial charge < -0.3 is 9.80 Å². The van der Waals surface area contributed by atoms with Crippen molar-refractivity contribution in [3.8, 4) is 0 Å². The molecule has 0 fully saturated rings. The van der Waals surface area contributed by atoms with Crippen molar-refractivity contribution in [2.24, 2.45) is 0 Å². The molecule has 1 aromatic carbocycles. The topological polar surface area (TPSA) is 36.4 Å². The van der Waals surface area contributed by atoms with Gasteiger partial charge in [0.15, 0.2) is 0 Å². The van der Waals surface area contributed by atoms with Gasteiger partial charge >= 0.3 is 0 Å². The Labute approximate surface area is 137 Å². The third-order valence-corrected chi connectivity index (χ3v) is 4.39. The van der Waals surface area contributed by atoms with Crippen LogP contribution in [-0.2, 0) is 6.42 Å². The van der Waals surface area contributed by atoms with E-state index in [1.165, 1.54) is 5.56 Å². The molecule has 2 heterocycles. The first-order chi connectivity index (χ1) is 11.2. The summed E-state index contributed by atoms with van der Waals surface area (Å²) in [6.07, 6.45) is 6.70. The SMILES string of the molecule is CCCCN(C)c1cncc(C(=O)N2CCc3ccccc32)c1. The van der Waals surface area contributed by atoms with Gasteiger partial charge in [0.1, 0.15) is 0 Å². The third-order valence-electron chi connectivity index (χ3n) is 4.39. The average Bonchev–Trinajstić information content (AvgIpc) is 3.03. The number of fused-ring (bicyclic) bond motifs is 1. The summed E-state index contributed by atoms with van der Waals surface area (Å²) in [6, 6.07) is 10.1. The zero-order valence-electron chi connectivity index (χ0n) is 13.8. The van der Waals surface area contributed by atoms with Crippen molar-refractivity contribution in [1.82, 2.24) is 4.98 Å². The molecule has 1 aliphatic heterocycles. The molecule has 0 radical (unpaired) electrons. The molecule has 2 aromatic rings. The Morgan fingerprint density at radius 1 is 1.30 bits per heavy atom. The minimum atomic E-state index is 0.0354. The number of hydrogen-bond donors (Lipinski definition) is 0. The van der Waals surface area contributed by atoms with E-state index in [9.17, 15) is 4.79 Å². The van der Waals surface area contributed by atoms with Crippen LogP contribution >= 0.6 is 0 Å². The number of pyridine rings is 1. The van der Waals surface area contributed by atoms with Crippen LogP contribution in [-0.4, -0.2) is 31.0 Å². The van der Waals surface area contributed by atoms with Crippen molar-refractivity contribution >= 4 is 17.3 Å². The number of carbonyl (C=O) groups excluding carboxylic acids is 1. The van der Waals surface area contributed by atoms with Gasteiger partial charge in [-0.1, -0.05) is 31.5 Å². The summed E-state index contributed by atoms with van der Waals surface area (Å²) in [5.41, 5.74) is 3.92. The second kappa shape index (κ2) is 6.82. The number of benzene rings is 1. The van der Waals surface area contributed by atoms with E-state index in [2.05, 4.69) is 22.9 Å². The van der Waals surface area contributed by atoms with Gasteiger partial charge in [-0.15, -0.1) is 0 Å². The van der Waals surface area contributed by atoms with Crippen LogP contribution in [0.5, 0.6) is 0 Å². The molecule has 0 aliphatic carbocycles. The molecule has 0 saturated heterocycles. The van der Waals surface area contributed by atoms with Gasteiger partial charge in [-0.25, -0.2) is 0 Å². The number of anilines is 2. The van der Waals surface area contributed by atoms with E-state index in [0.717, 1.165) is 43.7 Å². The summed E-state index contributed by atoms with van der Waals surface area (Å²) in [4.78, 5) is 21.2. The highest BCUT2D eigenvalue weighted by Gasteiger charge is 2.25. The largest absolute Gasteiger partial charge is 0.373 e. The Kier molecular flexibility index (Phi) is 4.60. The van der Waals surface area contributed by atoms with E-state index in [4.69, 9.17) is 0 Å². The minimum Gasteiger partial charge on any atom is -0.373 e. The second-order valence-corrected chi connectivity index (χ2v) is 6.04. The number of unbranched alkanes of at least 4 members (excludes halogenated alkanes) is 1. The number of rotatable bonds is 5. The van der Waals surface area contributed by atoms with Crippen molar-refractivity contribution in [3.63, 3.8) is 0 Å². The fraction of sp³-hybridized carbons (Fsp3) is 0.368. The van der Waals surface area contributed by atoms with Crippen molar-refractivity contribution in [3.05, 3.63) is 53.9 Å². The number of hydrogen-bond acceptors (Lipinski definition) is 3. The Bertz CT molecular complexity index is 699. The lowest BCUT2D eigenvalue weighted by Gasteiger charge is -2.21. The number of carbonyl (C=O) groups is 1. The summed E-state index contributed by atoms with van der Waals surface area (Å²) in [6.45, 7) is 3.90. The maximum Gasteiger partial charge on any atom is 0.259 e. The molecule has 0 saturated carbocycles. The van der Waals surface area contributed by atoms with Crippen LogP contribution in [0.2, 0.25) is 0 Å². The first kappa shape index (κ1) is 15.5. The van der Waals surface area contributed by atoms with Crippen molar-refractivity contribution in [1.29, 1.82) is 0 Å². The molecular formula is C19H23N3O. The van der Waals surface area contributed by atoms with Gasteiger partial charge in [0.25, 0.3) is 5.91 Å². The number of amides is 1. The fourth-order valence-corrected chi connectivity index (χ4v) is 2.98. The number of para-hydroxylation sites is 1. The maximum atomic E-state index is 12.9. The smallest absolute Gasteiger partial charge is 0.259 e. The molecule has 4 heteroatoms. The third kappa shape index (κ3) is 3.21. The molecule has 3 rings (SSSR count). The predicted octanol–water partition coefficient (Wildman–Crippen LogP) is 3.52. The van der Waals surface area contributed by atoms with Gasteiger partial charge in [-0.2, -0.15) is 0 Å². The molecular weight excluding hydrogens is 286 g/mol. The van der Waals surface area contributed by atoms with E-state index in [0.29, 0.717) is 5.56 Å². The lowest BCUT2D eigenvalue weighted by molar-refractivity contribution is 0.0989. The van der Waals surface area contributed by atoms with Crippen LogP contribution in [0.15, 0.2) is 42.7 Å². The lowest BCUT2D eigenvalue weighted by atomic mass is 10.1. The van der Waals surface area contributed by atoms with Gasteiger partial charge in [-0.05, 0) is 30.5 Å². The summed E-state index contributed by atoms with van der Waals surface area (Å²) in [7, 11) is 2.05. The first-order valence-corrected chi connectivity index (χ1v) is 8.26. The van der Waals surface area contributed by atoms with Gasteiger partial charge in [0, 0.05) is 32.0 Å². The molecule has 1 aromatic heterocycles. The van der Waals surface area contributed by atoms with Crippen LogP contribution in [0.4, 0.5) is 11.4 Å². The molecule has 120 valence electrons. The summed E-state index contributed by atoms with van der Waals surface area (Å²) in [5, 5.41) is 0. The van der Waals surface area contributed by atoms with Crippen LogP contribution in [0.1, 0.15) is 35.7 Å². The lowest BCUT2D eigenvalue weighted by Crippen LogP contribution is -2.29. The average molecular weight is 309 g/mol. The Balaban J connectivity index is 1.81. The van der Waals surface area contributed by atoms with Gasteiger partial charge in [0.05, 0.1) is 17.4 Å². The molecule has 1 aliphatic rings. The number of nitrogens with zero attached hydrogens (tertiary/aromatic N) is 3. The highest BCUT2D eigenvalue weighted by atomic mass is 16.2. The molecule has 23 heavy (non-hydrogen) atoms. The second-order valence-electron chi connectivity index (χ2n) is 6.04. The first-order valence-electron chi connectivity index (χ1n) is 8.26.